The molecule has 0 saturated heterocycles. The summed E-state index contributed by atoms with van der Waals surface area (Å²) in [5.74, 6) is 0.367. The molecule has 2 N–H and O–H groups in total. The minimum atomic E-state index is -0.428. The maximum Gasteiger partial charge on any atom is 0.321 e. The van der Waals surface area contributed by atoms with Gasteiger partial charge in [-0.3, -0.25) is 19.5 Å². The Morgan fingerprint density at radius 3 is 2.73 bits per heavy atom. The third-order valence-electron chi connectivity index (χ3n) is 4.93. The van der Waals surface area contributed by atoms with Gasteiger partial charge >= 0.3 is 6.03 Å². The molecule has 9 heteroatoms. The Labute approximate surface area is 188 Å². The Balaban J connectivity index is 1.64. The van der Waals surface area contributed by atoms with Crippen LogP contribution in [-0.2, 0) is 11.3 Å². The Bertz CT molecular complexity index is 986. The molecule has 3 amide bonds. The highest BCUT2D eigenvalue weighted by molar-refractivity contribution is 9.10. The van der Waals surface area contributed by atoms with Crippen molar-refractivity contribution in [3.63, 3.8) is 0 Å². The third kappa shape index (κ3) is 6.07. The Hall–Kier alpha value is -1.87. The van der Waals surface area contributed by atoms with E-state index >= 15 is 0 Å². The van der Waals surface area contributed by atoms with Crippen molar-refractivity contribution in [2.45, 2.75) is 63.7 Å². The van der Waals surface area contributed by atoms with Crippen molar-refractivity contribution >= 4 is 50.5 Å². The number of nitrogens with one attached hydrogen (secondary N) is 2. The fraction of sp³-hybridized carbons (Fsp3) is 0.524. The largest absolute Gasteiger partial charge is 0.335 e. The second-order valence-corrected chi connectivity index (χ2v) is 9.94. The number of urea groups is 1. The van der Waals surface area contributed by atoms with Gasteiger partial charge in [0.15, 0.2) is 5.16 Å². The second-order valence-electron chi connectivity index (χ2n) is 7.97. The molecule has 1 aromatic heterocycles. The lowest BCUT2D eigenvalue weighted by atomic mass is 10.2. The molecule has 1 aliphatic rings. The maximum absolute atomic E-state index is 13.0. The molecule has 7 nitrogen and oxygen atoms in total. The molecule has 0 spiro atoms. The zero-order valence-electron chi connectivity index (χ0n) is 17.2. The molecular weight excluding hydrogens is 468 g/mol. The Morgan fingerprint density at radius 1 is 1.30 bits per heavy atom. The number of thioether (sulfide) groups is 1. The highest BCUT2D eigenvalue weighted by atomic mass is 79.9. The summed E-state index contributed by atoms with van der Waals surface area (Å²) in [5.41, 5.74) is 0.545. The molecule has 1 fully saturated rings. The topological polar surface area (TPSA) is 93.1 Å². The van der Waals surface area contributed by atoms with E-state index in [0.29, 0.717) is 28.4 Å². The van der Waals surface area contributed by atoms with Crippen molar-refractivity contribution in [3.05, 3.63) is 33.0 Å². The van der Waals surface area contributed by atoms with Crippen molar-refractivity contribution in [1.29, 1.82) is 0 Å². The summed E-state index contributed by atoms with van der Waals surface area (Å²) in [6, 6.07) is 5.19. The lowest BCUT2D eigenvalue weighted by Crippen LogP contribution is -2.43. The molecule has 0 unspecified atom stereocenters. The van der Waals surface area contributed by atoms with Crippen LogP contribution in [0.4, 0.5) is 4.79 Å². The Kier molecular flexibility index (Phi) is 7.93. The SMILES string of the molecule is CC(C)Cn1c(SCCC(=O)NC(=O)NC2CCCC2)nc2ccc(Br)cc2c1=O. The number of benzene rings is 1. The molecule has 2 aromatic rings. The third-order valence-corrected chi connectivity index (χ3v) is 6.40. The monoisotopic (exact) mass is 494 g/mol. The standard InChI is InChI=1S/C21H27BrN4O3S/c1-13(2)12-26-19(28)16-11-14(22)7-8-17(16)24-21(26)30-10-9-18(27)25-20(29)23-15-5-3-4-6-15/h7-8,11,13,15H,3-6,9-10,12H2,1-2H3,(H2,23,25,27,29). The van der Waals surface area contributed by atoms with Gasteiger partial charge in [-0.2, -0.15) is 0 Å². The number of rotatable bonds is 7. The zero-order valence-corrected chi connectivity index (χ0v) is 19.6. The summed E-state index contributed by atoms with van der Waals surface area (Å²) in [5, 5.41) is 6.39. The first kappa shape index (κ1) is 22.8. The quantitative estimate of drug-likeness (QED) is 0.446. The van der Waals surface area contributed by atoms with E-state index in [9.17, 15) is 14.4 Å². The molecular formula is C21H27BrN4O3S. The van der Waals surface area contributed by atoms with Crippen LogP contribution in [0.25, 0.3) is 10.9 Å². The van der Waals surface area contributed by atoms with Crippen molar-refractivity contribution in [2.24, 2.45) is 5.92 Å². The fourth-order valence-electron chi connectivity index (χ4n) is 3.52. The number of amides is 3. The number of nitrogens with zero attached hydrogens (tertiary/aromatic N) is 2. The minimum absolute atomic E-state index is 0.0853. The van der Waals surface area contributed by atoms with Gasteiger partial charge in [0.1, 0.15) is 0 Å². The number of halogens is 1. The van der Waals surface area contributed by atoms with Crippen molar-refractivity contribution in [3.8, 4) is 0 Å². The van der Waals surface area contributed by atoms with Crippen LogP contribution < -0.4 is 16.2 Å². The molecule has 3 rings (SSSR count). The van der Waals surface area contributed by atoms with E-state index < -0.39 is 6.03 Å². The summed E-state index contributed by atoms with van der Waals surface area (Å²) >= 11 is 4.77. The molecule has 1 aromatic carbocycles. The van der Waals surface area contributed by atoms with Gasteiger partial charge in [-0.25, -0.2) is 9.78 Å². The molecule has 30 heavy (non-hydrogen) atoms. The van der Waals surface area contributed by atoms with Crippen LogP contribution in [-0.4, -0.2) is 33.3 Å². The van der Waals surface area contributed by atoms with Crippen LogP contribution in [0.5, 0.6) is 0 Å². The van der Waals surface area contributed by atoms with E-state index in [1.807, 2.05) is 26.0 Å². The van der Waals surface area contributed by atoms with E-state index in [-0.39, 0.29) is 29.8 Å². The van der Waals surface area contributed by atoms with E-state index in [4.69, 9.17) is 0 Å². The summed E-state index contributed by atoms with van der Waals surface area (Å²) in [6.45, 7) is 4.64. The van der Waals surface area contributed by atoms with E-state index in [2.05, 4.69) is 31.5 Å². The van der Waals surface area contributed by atoms with E-state index in [1.54, 1.807) is 10.6 Å². The maximum atomic E-state index is 13.0. The summed E-state index contributed by atoms with van der Waals surface area (Å²) in [4.78, 5) is 41.7. The second kappa shape index (κ2) is 10.4. The first-order valence-corrected chi connectivity index (χ1v) is 12.0. The summed E-state index contributed by atoms with van der Waals surface area (Å²) in [6.07, 6.45) is 4.33. The number of aromatic nitrogens is 2. The van der Waals surface area contributed by atoms with Crippen LogP contribution in [0.1, 0.15) is 46.0 Å². The van der Waals surface area contributed by atoms with Crippen LogP contribution in [0.15, 0.2) is 32.6 Å². The van der Waals surface area contributed by atoms with Crippen LogP contribution >= 0.6 is 27.7 Å². The van der Waals surface area contributed by atoms with Gasteiger partial charge in [0.2, 0.25) is 5.91 Å². The zero-order chi connectivity index (χ0) is 21.7. The van der Waals surface area contributed by atoms with Crippen molar-refractivity contribution < 1.29 is 9.59 Å². The molecule has 0 bridgehead atoms. The van der Waals surface area contributed by atoms with E-state index in [1.165, 1.54) is 11.8 Å². The van der Waals surface area contributed by atoms with Crippen LogP contribution in [0.3, 0.4) is 0 Å². The predicted molar refractivity (Wildman–Crippen MR) is 123 cm³/mol. The number of fused-ring (bicyclic) bond motifs is 1. The molecule has 1 heterocycles. The van der Waals surface area contributed by atoms with E-state index in [0.717, 1.165) is 30.2 Å². The number of carbonyl (C=O) groups is 2. The van der Waals surface area contributed by atoms with Gasteiger partial charge in [0.05, 0.1) is 10.9 Å². The summed E-state index contributed by atoms with van der Waals surface area (Å²) in [7, 11) is 0. The normalized spacial score (nSPS) is 14.4. The predicted octanol–water partition coefficient (Wildman–Crippen LogP) is 4.07. The number of imide groups is 1. The first-order valence-electron chi connectivity index (χ1n) is 10.3. The molecule has 1 aliphatic carbocycles. The number of carbonyl (C=O) groups excluding carboxylic acids is 2. The molecule has 0 atom stereocenters. The van der Waals surface area contributed by atoms with Gasteiger partial charge in [-0.1, -0.05) is 54.4 Å². The van der Waals surface area contributed by atoms with Gasteiger partial charge < -0.3 is 5.32 Å². The molecule has 0 aliphatic heterocycles. The van der Waals surface area contributed by atoms with Crippen molar-refractivity contribution in [1.82, 2.24) is 20.2 Å². The van der Waals surface area contributed by atoms with Gasteiger partial charge in [0, 0.05) is 29.2 Å². The highest BCUT2D eigenvalue weighted by Gasteiger charge is 2.18. The minimum Gasteiger partial charge on any atom is -0.335 e. The number of hydrogen-bond donors (Lipinski definition) is 2. The van der Waals surface area contributed by atoms with Gasteiger partial charge in [-0.15, -0.1) is 0 Å². The van der Waals surface area contributed by atoms with Gasteiger partial charge in [0.25, 0.3) is 5.56 Å². The lowest BCUT2D eigenvalue weighted by molar-refractivity contribution is -0.119. The average Bonchev–Trinajstić information content (AvgIpc) is 3.17. The molecule has 162 valence electrons. The van der Waals surface area contributed by atoms with Crippen LogP contribution in [0, 0.1) is 5.92 Å². The lowest BCUT2D eigenvalue weighted by Gasteiger charge is -2.15. The molecule has 0 radical (unpaired) electrons. The Morgan fingerprint density at radius 2 is 2.03 bits per heavy atom. The molecule has 1 saturated carbocycles. The number of hydrogen-bond acceptors (Lipinski definition) is 5. The highest BCUT2D eigenvalue weighted by Crippen LogP contribution is 2.22. The fourth-order valence-corrected chi connectivity index (χ4v) is 4.83. The average molecular weight is 495 g/mol. The van der Waals surface area contributed by atoms with Crippen LogP contribution in [0.2, 0.25) is 0 Å². The van der Waals surface area contributed by atoms with Crippen molar-refractivity contribution in [2.75, 3.05) is 5.75 Å². The first-order chi connectivity index (χ1) is 14.3. The van der Waals surface area contributed by atoms with Gasteiger partial charge in [-0.05, 0) is 37.0 Å². The smallest absolute Gasteiger partial charge is 0.321 e. The summed E-state index contributed by atoms with van der Waals surface area (Å²) < 4.78 is 2.51.